The Bertz CT molecular complexity index is 1350. The van der Waals surface area contributed by atoms with Crippen molar-refractivity contribution in [1.29, 1.82) is 0 Å². The first-order valence-corrected chi connectivity index (χ1v) is 11.1. The van der Waals surface area contributed by atoms with E-state index in [1.54, 1.807) is 12.1 Å². The Labute approximate surface area is 181 Å². The summed E-state index contributed by atoms with van der Waals surface area (Å²) in [6.07, 6.45) is 2.43. The first-order valence-electron chi connectivity index (χ1n) is 10.3. The fourth-order valence-corrected chi connectivity index (χ4v) is 6.31. The average molecular weight is 438 g/mol. The van der Waals surface area contributed by atoms with Crippen LogP contribution in [-0.4, -0.2) is 42.3 Å². The third-order valence-corrected chi connectivity index (χ3v) is 7.51. The van der Waals surface area contributed by atoms with Gasteiger partial charge in [-0.3, -0.25) is 9.69 Å². The minimum atomic E-state index is -0.323. The van der Waals surface area contributed by atoms with Crippen molar-refractivity contribution in [2.45, 2.75) is 24.9 Å². The summed E-state index contributed by atoms with van der Waals surface area (Å²) in [7, 11) is 0. The molecule has 0 saturated carbocycles. The fourth-order valence-electron chi connectivity index (χ4n) is 5.22. The van der Waals surface area contributed by atoms with Crippen molar-refractivity contribution in [3.05, 3.63) is 81.1 Å². The number of aromatic hydroxyl groups is 1. The molecule has 2 bridgehead atoms. The molecular weight excluding hydrogens is 417 g/mol. The molecule has 31 heavy (non-hydrogen) atoms. The Morgan fingerprint density at radius 3 is 2.87 bits per heavy atom. The van der Waals surface area contributed by atoms with Gasteiger partial charge in [0.2, 0.25) is 10.8 Å². The molecule has 0 unspecified atom stereocenters. The highest BCUT2D eigenvalue weighted by atomic mass is 32.1. The van der Waals surface area contributed by atoms with E-state index in [0.29, 0.717) is 28.8 Å². The quantitative estimate of drug-likeness (QED) is 0.533. The van der Waals surface area contributed by atoms with Gasteiger partial charge in [0.05, 0.1) is 10.9 Å². The molecule has 1 N–H and O–H groups in total. The predicted octanol–water partition coefficient (Wildman–Crippen LogP) is 3.01. The van der Waals surface area contributed by atoms with E-state index in [9.17, 15) is 14.3 Å². The van der Waals surface area contributed by atoms with Crippen molar-refractivity contribution in [2.75, 3.05) is 13.1 Å². The Morgan fingerprint density at radius 2 is 2.03 bits per heavy atom. The van der Waals surface area contributed by atoms with Gasteiger partial charge in [0, 0.05) is 37.3 Å². The van der Waals surface area contributed by atoms with Gasteiger partial charge in [0.15, 0.2) is 0 Å². The number of hydrogen-bond acceptors (Lipinski definition) is 6. The highest BCUT2D eigenvalue weighted by Crippen LogP contribution is 2.44. The van der Waals surface area contributed by atoms with E-state index in [1.807, 2.05) is 22.8 Å². The van der Waals surface area contributed by atoms with Crippen molar-refractivity contribution < 1.29 is 9.50 Å². The maximum atomic E-state index is 14.2. The second kappa shape index (κ2) is 7.00. The molecule has 0 spiro atoms. The number of halogens is 1. The van der Waals surface area contributed by atoms with E-state index in [2.05, 4.69) is 15.0 Å². The molecule has 2 aliphatic rings. The monoisotopic (exact) mass is 437 g/mol. The van der Waals surface area contributed by atoms with Crippen molar-refractivity contribution in [2.24, 2.45) is 5.92 Å². The van der Waals surface area contributed by atoms with E-state index < -0.39 is 0 Å². The van der Waals surface area contributed by atoms with E-state index >= 15 is 0 Å². The molecule has 7 nitrogen and oxygen atoms in total. The molecule has 1 aromatic carbocycles. The van der Waals surface area contributed by atoms with Crippen LogP contribution in [0.3, 0.4) is 0 Å². The highest BCUT2D eigenvalue weighted by Gasteiger charge is 2.39. The first-order chi connectivity index (χ1) is 15.1. The molecule has 158 valence electrons. The second-order valence-corrected chi connectivity index (χ2v) is 9.36. The first kappa shape index (κ1) is 18.7. The van der Waals surface area contributed by atoms with E-state index in [1.165, 1.54) is 34.3 Å². The molecule has 9 heteroatoms. The second-order valence-electron chi connectivity index (χ2n) is 8.35. The zero-order valence-corrected chi connectivity index (χ0v) is 17.4. The summed E-state index contributed by atoms with van der Waals surface area (Å²) >= 11 is 1.37. The number of nitrogens with zero attached hydrogens (tertiary/aromatic N) is 5. The minimum Gasteiger partial charge on any atom is -0.492 e. The molecule has 0 amide bonds. The lowest BCUT2D eigenvalue weighted by Crippen LogP contribution is -2.48. The van der Waals surface area contributed by atoms with Crippen LogP contribution >= 0.6 is 11.3 Å². The number of hydrogen-bond donors (Lipinski definition) is 1. The number of aromatic nitrogens is 4. The summed E-state index contributed by atoms with van der Waals surface area (Å²) in [5.74, 6) is 0.253. The van der Waals surface area contributed by atoms with E-state index in [4.69, 9.17) is 0 Å². The summed E-state index contributed by atoms with van der Waals surface area (Å²) in [6, 6.07) is 11.7. The van der Waals surface area contributed by atoms with Gasteiger partial charge in [-0.05, 0) is 36.1 Å². The van der Waals surface area contributed by atoms with Gasteiger partial charge in [0.1, 0.15) is 12.1 Å². The SMILES string of the molecule is O=c1cccc2n1C[C@H]1C[C@H]2CN([C@H](c2cccc(F)c2)c2sc3ncnn3c2O)C1. The Hall–Kier alpha value is -3.04. The third-order valence-electron chi connectivity index (χ3n) is 6.42. The number of likely N-dealkylation sites (tertiary alicyclic amines) is 1. The Kier molecular flexibility index (Phi) is 4.22. The summed E-state index contributed by atoms with van der Waals surface area (Å²) < 4.78 is 17.5. The van der Waals surface area contributed by atoms with Crippen LogP contribution in [0.4, 0.5) is 4.39 Å². The van der Waals surface area contributed by atoms with Crippen LogP contribution in [0.2, 0.25) is 0 Å². The third kappa shape index (κ3) is 2.99. The molecule has 2 aliphatic heterocycles. The summed E-state index contributed by atoms with van der Waals surface area (Å²) in [5.41, 5.74) is 1.88. The molecule has 6 rings (SSSR count). The zero-order chi connectivity index (χ0) is 21.1. The van der Waals surface area contributed by atoms with Gasteiger partial charge < -0.3 is 9.67 Å². The average Bonchev–Trinajstić information content (AvgIpc) is 3.33. The predicted molar refractivity (Wildman–Crippen MR) is 114 cm³/mol. The summed E-state index contributed by atoms with van der Waals surface area (Å²) in [5, 5.41) is 15.0. The molecule has 3 aromatic heterocycles. The maximum absolute atomic E-state index is 14.2. The smallest absolute Gasteiger partial charge is 0.250 e. The standard InChI is InChI=1S/C22H20FN5O2S/c23-16-4-1-3-14(8-16)19(20-21(30)28-22(31-20)24-12-25-28)26-9-13-7-15(11-26)17-5-2-6-18(29)27(17)10-13/h1-6,8,12-13,15,19,30H,7,9-11H2/t13-,15-,19+/m0/s1. The molecular formula is C22H20FN5O2S. The number of rotatable bonds is 3. The topological polar surface area (TPSA) is 75.7 Å². The van der Waals surface area contributed by atoms with Crippen molar-refractivity contribution in [3.63, 3.8) is 0 Å². The lowest BCUT2D eigenvalue weighted by atomic mass is 9.82. The van der Waals surface area contributed by atoms with Crippen molar-refractivity contribution in [1.82, 2.24) is 24.1 Å². The van der Waals surface area contributed by atoms with Crippen LogP contribution in [0.5, 0.6) is 5.88 Å². The number of fused-ring (bicyclic) bond motifs is 5. The number of pyridine rings is 1. The maximum Gasteiger partial charge on any atom is 0.250 e. The molecule has 3 atom stereocenters. The number of benzene rings is 1. The summed E-state index contributed by atoms with van der Waals surface area (Å²) in [4.78, 5) is 20.2. The van der Waals surface area contributed by atoms with E-state index in [0.717, 1.165) is 24.2 Å². The normalized spacial score (nSPS) is 21.8. The van der Waals surface area contributed by atoms with Gasteiger partial charge in [0.25, 0.3) is 5.56 Å². The fraction of sp³-hybridized carbons (Fsp3) is 0.318. The lowest BCUT2D eigenvalue weighted by Gasteiger charge is -2.45. The number of thiazole rings is 1. The van der Waals surface area contributed by atoms with Crippen molar-refractivity contribution in [3.8, 4) is 5.88 Å². The minimum absolute atomic E-state index is 0.0408. The molecule has 0 radical (unpaired) electrons. The highest BCUT2D eigenvalue weighted by molar-refractivity contribution is 7.17. The van der Waals surface area contributed by atoms with Crippen LogP contribution in [0.15, 0.2) is 53.6 Å². The van der Waals surface area contributed by atoms with Gasteiger partial charge in [-0.2, -0.15) is 9.61 Å². The van der Waals surface area contributed by atoms with Crippen LogP contribution < -0.4 is 5.56 Å². The molecule has 1 saturated heterocycles. The van der Waals surface area contributed by atoms with Gasteiger partial charge in [-0.1, -0.05) is 29.5 Å². The molecule has 4 aromatic rings. The number of piperidine rings is 1. The van der Waals surface area contributed by atoms with E-state index in [-0.39, 0.29) is 29.2 Å². The van der Waals surface area contributed by atoms with Crippen molar-refractivity contribution >= 4 is 16.3 Å². The Morgan fingerprint density at radius 1 is 1.16 bits per heavy atom. The molecule has 0 aliphatic carbocycles. The largest absolute Gasteiger partial charge is 0.492 e. The van der Waals surface area contributed by atoms with Gasteiger partial charge in [-0.25, -0.2) is 9.37 Å². The summed E-state index contributed by atoms with van der Waals surface area (Å²) in [6.45, 7) is 2.15. The Balaban J connectivity index is 1.46. The van der Waals surface area contributed by atoms with Gasteiger partial charge >= 0.3 is 0 Å². The van der Waals surface area contributed by atoms with Crippen LogP contribution in [0, 0.1) is 11.7 Å². The van der Waals surface area contributed by atoms with Crippen LogP contribution in [0.25, 0.3) is 4.96 Å². The van der Waals surface area contributed by atoms with Crippen LogP contribution in [0.1, 0.15) is 34.5 Å². The molecule has 1 fully saturated rings. The molecule has 5 heterocycles. The lowest BCUT2D eigenvalue weighted by molar-refractivity contribution is 0.0951. The van der Waals surface area contributed by atoms with Gasteiger partial charge in [-0.15, -0.1) is 0 Å². The zero-order valence-electron chi connectivity index (χ0n) is 16.6. The van der Waals surface area contributed by atoms with Crippen LogP contribution in [-0.2, 0) is 6.54 Å².